The van der Waals surface area contributed by atoms with E-state index in [9.17, 15) is 9.59 Å². The van der Waals surface area contributed by atoms with E-state index in [1.807, 2.05) is 6.92 Å². The van der Waals surface area contributed by atoms with Crippen LogP contribution in [0.15, 0.2) is 10.9 Å². The third-order valence-electron chi connectivity index (χ3n) is 2.22. The zero-order valence-corrected chi connectivity index (χ0v) is 10.3. The Bertz CT molecular complexity index is 454. The Morgan fingerprint density at radius 3 is 2.88 bits per heavy atom. The molecule has 0 aliphatic rings. The van der Waals surface area contributed by atoms with E-state index in [0.29, 0.717) is 12.2 Å². The fourth-order valence-electron chi connectivity index (χ4n) is 1.45. The van der Waals surface area contributed by atoms with Crippen LogP contribution in [-0.2, 0) is 11.3 Å². The molecule has 0 atom stereocenters. The molecule has 0 saturated heterocycles. The lowest BCUT2D eigenvalue weighted by atomic mass is 10.3. The first kappa shape index (κ1) is 13.2. The molecule has 0 aliphatic heterocycles. The number of carbonyl (C=O) groups excluding carboxylic acids is 1. The van der Waals surface area contributed by atoms with E-state index in [1.165, 1.54) is 17.7 Å². The molecule has 1 aromatic rings. The zero-order chi connectivity index (χ0) is 12.8. The average molecular weight is 239 g/mol. The second-order valence-corrected chi connectivity index (χ2v) is 3.58. The molecule has 1 aromatic heterocycles. The van der Waals surface area contributed by atoms with E-state index in [0.717, 1.165) is 0 Å². The summed E-state index contributed by atoms with van der Waals surface area (Å²) in [5, 5.41) is 2.67. The normalized spacial score (nSPS) is 10.1. The van der Waals surface area contributed by atoms with E-state index in [4.69, 9.17) is 4.74 Å². The van der Waals surface area contributed by atoms with E-state index in [1.54, 1.807) is 6.92 Å². The van der Waals surface area contributed by atoms with Crippen molar-refractivity contribution in [1.29, 1.82) is 0 Å². The molecule has 0 aromatic carbocycles. The van der Waals surface area contributed by atoms with Gasteiger partial charge in [0.15, 0.2) is 0 Å². The lowest BCUT2D eigenvalue weighted by Gasteiger charge is -2.10. The summed E-state index contributed by atoms with van der Waals surface area (Å²) in [7, 11) is 1.45. The van der Waals surface area contributed by atoms with Crippen molar-refractivity contribution in [3.63, 3.8) is 0 Å². The number of carbonyl (C=O) groups is 1. The molecule has 1 N–H and O–H groups in total. The molecule has 0 saturated carbocycles. The predicted octanol–water partition coefficient (Wildman–Crippen LogP) is 0.0865. The van der Waals surface area contributed by atoms with Gasteiger partial charge in [-0.2, -0.15) is 0 Å². The number of hydrogen-bond donors (Lipinski definition) is 1. The van der Waals surface area contributed by atoms with Crippen molar-refractivity contribution in [3.05, 3.63) is 22.1 Å². The van der Waals surface area contributed by atoms with Gasteiger partial charge in [-0.25, -0.2) is 4.98 Å². The monoisotopic (exact) mass is 239 g/mol. The summed E-state index contributed by atoms with van der Waals surface area (Å²) in [6.07, 6.45) is 0.231. The van der Waals surface area contributed by atoms with Crippen LogP contribution in [0.1, 0.15) is 19.0 Å². The van der Waals surface area contributed by atoms with Crippen LogP contribution in [0.4, 0.5) is 0 Å². The highest BCUT2D eigenvalue weighted by Crippen LogP contribution is 2.04. The minimum atomic E-state index is -0.210. The van der Waals surface area contributed by atoms with Gasteiger partial charge in [0, 0.05) is 31.3 Å². The number of aryl methyl sites for hydroxylation is 1. The molecule has 1 amide bonds. The highest BCUT2D eigenvalue weighted by Gasteiger charge is 2.09. The second-order valence-electron chi connectivity index (χ2n) is 3.58. The molecular weight excluding hydrogens is 222 g/mol. The molecule has 0 spiro atoms. The van der Waals surface area contributed by atoms with Crippen LogP contribution in [-0.4, -0.2) is 29.1 Å². The Balaban J connectivity index is 2.83. The van der Waals surface area contributed by atoms with Crippen LogP contribution >= 0.6 is 0 Å². The SMILES string of the molecule is CCNC(=O)CCn1c(OC)nc(C)cc1=O. The van der Waals surface area contributed by atoms with Crippen molar-refractivity contribution in [3.8, 4) is 6.01 Å². The van der Waals surface area contributed by atoms with Gasteiger partial charge in [-0.05, 0) is 13.8 Å². The largest absolute Gasteiger partial charge is 0.468 e. The van der Waals surface area contributed by atoms with Crippen LogP contribution in [0.2, 0.25) is 0 Å². The van der Waals surface area contributed by atoms with Gasteiger partial charge in [0.05, 0.1) is 7.11 Å². The smallest absolute Gasteiger partial charge is 0.299 e. The topological polar surface area (TPSA) is 73.2 Å². The Labute approximate surface area is 99.6 Å². The van der Waals surface area contributed by atoms with E-state index >= 15 is 0 Å². The molecule has 6 nitrogen and oxygen atoms in total. The van der Waals surface area contributed by atoms with Gasteiger partial charge in [0.2, 0.25) is 5.91 Å². The van der Waals surface area contributed by atoms with E-state index < -0.39 is 0 Å². The van der Waals surface area contributed by atoms with Crippen molar-refractivity contribution in [1.82, 2.24) is 14.9 Å². The van der Waals surface area contributed by atoms with Crippen molar-refractivity contribution >= 4 is 5.91 Å². The quantitative estimate of drug-likeness (QED) is 0.790. The summed E-state index contributed by atoms with van der Waals surface area (Å²) in [5.41, 5.74) is 0.389. The molecule has 0 bridgehead atoms. The molecule has 0 aliphatic carbocycles. The maximum absolute atomic E-state index is 11.7. The number of methoxy groups -OCH3 is 1. The van der Waals surface area contributed by atoms with Gasteiger partial charge in [-0.3, -0.25) is 14.2 Å². The number of amides is 1. The minimum Gasteiger partial charge on any atom is -0.468 e. The number of aromatic nitrogens is 2. The summed E-state index contributed by atoms with van der Waals surface area (Å²) < 4.78 is 6.37. The summed E-state index contributed by atoms with van der Waals surface area (Å²) >= 11 is 0. The first-order chi connectivity index (χ1) is 8.08. The highest BCUT2D eigenvalue weighted by molar-refractivity contribution is 5.75. The Morgan fingerprint density at radius 1 is 1.59 bits per heavy atom. The third kappa shape index (κ3) is 3.58. The van der Waals surface area contributed by atoms with Crippen LogP contribution in [0.3, 0.4) is 0 Å². The summed E-state index contributed by atoms with van der Waals surface area (Å²) in [4.78, 5) is 27.1. The second kappa shape index (κ2) is 6.03. The maximum Gasteiger partial charge on any atom is 0.299 e. The zero-order valence-electron chi connectivity index (χ0n) is 10.3. The first-order valence-corrected chi connectivity index (χ1v) is 5.47. The minimum absolute atomic E-state index is 0.0953. The van der Waals surface area contributed by atoms with Crippen LogP contribution < -0.4 is 15.6 Å². The number of nitrogens with zero attached hydrogens (tertiary/aromatic N) is 2. The molecule has 0 unspecified atom stereocenters. The molecule has 6 heteroatoms. The van der Waals surface area contributed by atoms with E-state index in [-0.39, 0.29) is 30.4 Å². The molecule has 1 rings (SSSR count). The Hall–Kier alpha value is -1.85. The predicted molar refractivity (Wildman–Crippen MR) is 63.1 cm³/mol. The lowest BCUT2D eigenvalue weighted by molar-refractivity contribution is -0.121. The van der Waals surface area contributed by atoms with E-state index in [2.05, 4.69) is 10.3 Å². The van der Waals surface area contributed by atoms with Crippen LogP contribution in [0.5, 0.6) is 6.01 Å². The molecule has 17 heavy (non-hydrogen) atoms. The van der Waals surface area contributed by atoms with Gasteiger partial charge in [0.1, 0.15) is 0 Å². The van der Waals surface area contributed by atoms with Crippen molar-refractivity contribution < 1.29 is 9.53 Å². The standard InChI is InChI=1S/C11H17N3O3/c1-4-12-9(15)5-6-14-10(16)7-8(2)13-11(14)17-3/h7H,4-6H2,1-3H3,(H,12,15). The molecule has 0 fully saturated rings. The molecule has 1 heterocycles. The third-order valence-corrected chi connectivity index (χ3v) is 2.22. The molecular formula is C11H17N3O3. The Morgan fingerprint density at radius 2 is 2.29 bits per heavy atom. The maximum atomic E-state index is 11.7. The Kier molecular flexibility index (Phi) is 4.68. The summed E-state index contributed by atoms with van der Waals surface area (Å²) in [6, 6.07) is 1.65. The van der Waals surface area contributed by atoms with Crippen molar-refractivity contribution in [2.24, 2.45) is 0 Å². The number of hydrogen-bond acceptors (Lipinski definition) is 4. The summed E-state index contributed by atoms with van der Waals surface area (Å²) in [6.45, 7) is 4.41. The van der Waals surface area contributed by atoms with Crippen molar-refractivity contribution in [2.75, 3.05) is 13.7 Å². The fourth-order valence-corrected chi connectivity index (χ4v) is 1.45. The van der Waals surface area contributed by atoms with Crippen molar-refractivity contribution in [2.45, 2.75) is 26.8 Å². The first-order valence-electron chi connectivity index (χ1n) is 5.47. The number of ether oxygens (including phenoxy) is 1. The van der Waals surface area contributed by atoms with Gasteiger partial charge in [0.25, 0.3) is 11.6 Å². The van der Waals surface area contributed by atoms with Gasteiger partial charge < -0.3 is 10.1 Å². The van der Waals surface area contributed by atoms with Gasteiger partial charge >= 0.3 is 0 Å². The average Bonchev–Trinajstić information content (AvgIpc) is 2.27. The highest BCUT2D eigenvalue weighted by atomic mass is 16.5. The van der Waals surface area contributed by atoms with Gasteiger partial charge in [-0.15, -0.1) is 0 Å². The number of rotatable bonds is 5. The van der Waals surface area contributed by atoms with Crippen LogP contribution in [0, 0.1) is 6.92 Å². The molecule has 0 radical (unpaired) electrons. The molecule has 94 valence electrons. The van der Waals surface area contributed by atoms with Crippen LogP contribution in [0.25, 0.3) is 0 Å². The van der Waals surface area contributed by atoms with Gasteiger partial charge in [-0.1, -0.05) is 0 Å². The summed E-state index contributed by atoms with van der Waals surface area (Å²) in [5.74, 6) is -0.0953. The lowest BCUT2D eigenvalue weighted by Crippen LogP contribution is -2.28. The fraction of sp³-hybridized carbons (Fsp3) is 0.545. The number of nitrogens with one attached hydrogen (secondary N) is 1.